The Balaban J connectivity index is 0.000000376. The van der Waals surface area contributed by atoms with Gasteiger partial charge in [-0.2, -0.15) is 8.42 Å². The molecule has 1 aliphatic heterocycles. The Kier molecular flexibility index (Phi) is 5.38. The molecule has 148 valence electrons. The van der Waals surface area contributed by atoms with Crippen LogP contribution in [0.2, 0.25) is 0 Å². The van der Waals surface area contributed by atoms with Gasteiger partial charge in [-0.3, -0.25) is 9.45 Å². The van der Waals surface area contributed by atoms with Crippen molar-refractivity contribution in [2.24, 2.45) is 5.92 Å². The summed E-state index contributed by atoms with van der Waals surface area (Å²) in [5.74, 6) is 0.980. The Morgan fingerprint density at radius 3 is 2.67 bits per heavy atom. The molecule has 1 saturated heterocycles. The van der Waals surface area contributed by atoms with Crippen molar-refractivity contribution in [3.8, 4) is 5.75 Å². The molecule has 6 nitrogen and oxygen atoms in total. The van der Waals surface area contributed by atoms with Crippen LogP contribution in [0.25, 0.3) is 0 Å². The molecule has 2 aromatic rings. The van der Waals surface area contributed by atoms with E-state index < -0.39 is 10.1 Å². The fourth-order valence-electron chi connectivity index (χ4n) is 4.51. The van der Waals surface area contributed by atoms with E-state index in [4.69, 9.17) is 8.97 Å². The molecule has 4 rings (SSSR count). The molecule has 2 heterocycles. The quantitative estimate of drug-likeness (QED) is 0.762. The van der Waals surface area contributed by atoms with Crippen molar-refractivity contribution >= 4 is 10.1 Å². The fraction of sp³-hybridized carbons (Fsp3) is 0.500. The van der Waals surface area contributed by atoms with Crippen LogP contribution in [0, 0.1) is 5.92 Å². The Labute approximate surface area is 160 Å². The normalized spacial score (nSPS) is 27.4. The second-order valence-electron chi connectivity index (χ2n) is 7.90. The molecule has 1 fully saturated rings. The number of hydrogen-bond donors (Lipinski definition) is 2. The molecule has 0 amide bonds. The van der Waals surface area contributed by atoms with Gasteiger partial charge < -0.3 is 9.52 Å². The van der Waals surface area contributed by atoms with Gasteiger partial charge in [-0.05, 0) is 60.0 Å². The summed E-state index contributed by atoms with van der Waals surface area (Å²) in [6.07, 6.45) is 6.54. The molecule has 1 aliphatic carbocycles. The van der Waals surface area contributed by atoms with Crippen LogP contribution in [0.5, 0.6) is 5.75 Å². The van der Waals surface area contributed by atoms with Crippen LogP contribution in [0.3, 0.4) is 0 Å². The lowest BCUT2D eigenvalue weighted by Crippen LogP contribution is -2.57. The summed E-state index contributed by atoms with van der Waals surface area (Å²) >= 11 is 0. The van der Waals surface area contributed by atoms with Crippen LogP contribution in [-0.4, -0.2) is 41.8 Å². The van der Waals surface area contributed by atoms with E-state index in [2.05, 4.69) is 30.9 Å². The van der Waals surface area contributed by atoms with Crippen LogP contribution in [-0.2, 0) is 28.5 Å². The first-order valence-electron chi connectivity index (χ1n) is 9.08. The lowest BCUT2D eigenvalue weighted by Gasteiger charge is -2.54. The van der Waals surface area contributed by atoms with E-state index >= 15 is 0 Å². The zero-order valence-corrected chi connectivity index (χ0v) is 16.7. The molecule has 0 spiro atoms. The number of phenols is 1. The number of likely N-dealkylation sites (tertiary alicyclic amines) is 1. The summed E-state index contributed by atoms with van der Waals surface area (Å²) in [7, 11) is -3.67. The van der Waals surface area contributed by atoms with Gasteiger partial charge in [0, 0.05) is 18.2 Å². The van der Waals surface area contributed by atoms with E-state index in [0.717, 1.165) is 25.9 Å². The highest BCUT2D eigenvalue weighted by Gasteiger charge is 2.48. The lowest BCUT2D eigenvalue weighted by molar-refractivity contribution is 0.0257. The minimum atomic E-state index is -3.67. The predicted molar refractivity (Wildman–Crippen MR) is 103 cm³/mol. The first-order chi connectivity index (χ1) is 12.6. The van der Waals surface area contributed by atoms with E-state index in [9.17, 15) is 13.5 Å². The number of furan rings is 1. The van der Waals surface area contributed by atoms with Crippen molar-refractivity contribution < 1.29 is 22.5 Å². The molecule has 1 aromatic heterocycles. The smallest absolute Gasteiger partial charge is 0.261 e. The molecule has 2 bridgehead atoms. The standard InChI is InChI=1S/C19H23NO2.CH4O3S/c1-13-18-9-15-3-4-16(21)10-17(15)19(13,2)6-7-20(18)11-14-5-8-22-12-14;1-5(2,3)4/h3-5,8,10,12-13,18,21H,6-7,9,11H2,1-2H3;1H3,(H,2,3,4)/t13-,18+,19+;/m0./s1. The average molecular weight is 394 g/mol. The van der Waals surface area contributed by atoms with Crippen LogP contribution in [0.4, 0.5) is 0 Å². The molecule has 1 aromatic carbocycles. The molecule has 7 heteroatoms. The maximum Gasteiger partial charge on any atom is 0.261 e. The van der Waals surface area contributed by atoms with E-state index in [1.807, 2.05) is 18.4 Å². The van der Waals surface area contributed by atoms with E-state index in [1.165, 1.54) is 16.7 Å². The van der Waals surface area contributed by atoms with Gasteiger partial charge in [0.15, 0.2) is 0 Å². The Hall–Kier alpha value is -1.83. The molecule has 27 heavy (non-hydrogen) atoms. The molecule has 3 atom stereocenters. The first-order valence-corrected chi connectivity index (χ1v) is 10.9. The summed E-state index contributed by atoms with van der Waals surface area (Å²) in [4.78, 5) is 2.60. The van der Waals surface area contributed by atoms with Gasteiger partial charge in [0.1, 0.15) is 5.75 Å². The van der Waals surface area contributed by atoms with Gasteiger partial charge in [0.25, 0.3) is 10.1 Å². The molecular formula is C20H27NO5S. The maximum absolute atomic E-state index is 9.89. The number of piperidine rings is 1. The number of benzene rings is 1. The summed E-state index contributed by atoms with van der Waals surface area (Å²) in [6.45, 7) is 6.82. The molecule has 2 aliphatic rings. The number of hydrogen-bond acceptors (Lipinski definition) is 5. The Bertz CT molecular complexity index is 885. The average Bonchev–Trinajstić information content (AvgIpc) is 3.06. The summed E-state index contributed by atoms with van der Waals surface area (Å²) < 4.78 is 31.1. The lowest BCUT2D eigenvalue weighted by atomic mass is 9.59. The highest BCUT2D eigenvalue weighted by molar-refractivity contribution is 7.85. The van der Waals surface area contributed by atoms with E-state index in [0.29, 0.717) is 24.0 Å². The number of aromatic hydroxyl groups is 1. The monoisotopic (exact) mass is 393 g/mol. The summed E-state index contributed by atoms with van der Waals surface area (Å²) in [5.41, 5.74) is 4.19. The van der Waals surface area contributed by atoms with Gasteiger partial charge in [-0.1, -0.05) is 19.9 Å². The third-order valence-electron chi connectivity index (χ3n) is 6.07. The third-order valence-corrected chi connectivity index (χ3v) is 6.07. The summed E-state index contributed by atoms with van der Waals surface area (Å²) in [6, 6.07) is 8.56. The Morgan fingerprint density at radius 1 is 1.33 bits per heavy atom. The molecular weight excluding hydrogens is 366 g/mol. The number of phenolic OH excluding ortho intramolecular Hbond substituents is 1. The molecule has 0 radical (unpaired) electrons. The second-order valence-corrected chi connectivity index (χ2v) is 9.37. The van der Waals surface area contributed by atoms with Crippen molar-refractivity contribution in [1.29, 1.82) is 0 Å². The summed E-state index contributed by atoms with van der Waals surface area (Å²) in [5, 5.41) is 9.89. The molecule has 0 unspecified atom stereocenters. The van der Waals surface area contributed by atoms with E-state index in [-0.39, 0.29) is 5.41 Å². The van der Waals surface area contributed by atoms with Crippen molar-refractivity contribution in [2.45, 2.75) is 44.7 Å². The minimum Gasteiger partial charge on any atom is -0.508 e. The van der Waals surface area contributed by atoms with Gasteiger partial charge in [-0.25, -0.2) is 0 Å². The minimum absolute atomic E-state index is 0.171. The van der Waals surface area contributed by atoms with Crippen molar-refractivity contribution in [2.75, 3.05) is 12.8 Å². The zero-order valence-electron chi connectivity index (χ0n) is 15.9. The predicted octanol–water partition coefficient (Wildman–Crippen LogP) is 3.21. The largest absolute Gasteiger partial charge is 0.508 e. The van der Waals surface area contributed by atoms with Crippen LogP contribution in [0.15, 0.2) is 41.2 Å². The number of nitrogens with zero attached hydrogens (tertiary/aromatic N) is 1. The topological polar surface area (TPSA) is 91.0 Å². The van der Waals surface area contributed by atoms with Crippen molar-refractivity contribution in [1.82, 2.24) is 4.90 Å². The van der Waals surface area contributed by atoms with Gasteiger partial charge in [0.2, 0.25) is 0 Å². The second kappa shape index (κ2) is 7.30. The zero-order chi connectivity index (χ0) is 19.8. The maximum atomic E-state index is 9.89. The first kappa shape index (κ1) is 19.9. The van der Waals surface area contributed by atoms with Crippen molar-refractivity contribution in [3.63, 3.8) is 0 Å². The Morgan fingerprint density at radius 2 is 2.04 bits per heavy atom. The van der Waals surface area contributed by atoms with Gasteiger partial charge in [0.05, 0.1) is 18.8 Å². The molecule has 0 saturated carbocycles. The van der Waals surface area contributed by atoms with Gasteiger partial charge >= 0.3 is 0 Å². The van der Waals surface area contributed by atoms with Crippen LogP contribution >= 0.6 is 0 Å². The van der Waals surface area contributed by atoms with Crippen molar-refractivity contribution in [3.05, 3.63) is 53.5 Å². The number of fused-ring (bicyclic) bond motifs is 4. The SMILES string of the molecule is CS(=O)(=O)O.C[C@H]1[C@H]2Cc3ccc(O)cc3[C@]1(C)CCN2Cc1ccoc1. The van der Waals surface area contributed by atoms with E-state index in [1.54, 1.807) is 6.26 Å². The van der Waals surface area contributed by atoms with Crippen LogP contribution < -0.4 is 0 Å². The highest BCUT2D eigenvalue weighted by Crippen LogP contribution is 2.49. The fourth-order valence-corrected chi connectivity index (χ4v) is 4.51. The number of rotatable bonds is 2. The third kappa shape index (κ3) is 4.36. The van der Waals surface area contributed by atoms with Crippen LogP contribution in [0.1, 0.15) is 37.0 Å². The highest BCUT2D eigenvalue weighted by atomic mass is 32.2. The van der Waals surface area contributed by atoms with Gasteiger partial charge in [-0.15, -0.1) is 0 Å². The molecule has 2 N–H and O–H groups in total.